The zero-order valence-corrected chi connectivity index (χ0v) is 11.7. The van der Waals surface area contributed by atoms with Crippen LogP contribution in [0.2, 0.25) is 0 Å². The molecule has 0 saturated heterocycles. The van der Waals surface area contributed by atoms with Gasteiger partial charge in [-0.15, -0.1) is 0 Å². The summed E-state index contributed by atoms with van der Waals surface area (Å²) in [5.41, 5.74) is 2.31. The molecule has 1 aromatic heterocycles. The van der Waals surface area contributed by atoms with Gasteiger partial charge in [-0.25, -0.2) is 0 Å². The molecule has 5 nitrogen and oxygen atoms in total. The minimum Gasteiger partial charge on any atom is -0.506 e. The lowest BCUT2D eigenvalue weighted by Gasteiger charge is -2.30. The lowest BCUT2D eigenvalue weighted by Crippen LogP contribution is -2.36. The van der Waals surface area contributed by atoms with Crippen LogP contribution in [0.5, 0.6) is 5.75 Å². The van der Waals surface area contributed by atoms with E-state index in [1.165, 1.54) is 12.1 Å². The molecule has 2 aromatic rings. The number of nitrogens with zero attached hydrogens (tertiary/aromatic N) is 1. The number of aromatic amines is 1. The van der Waals surface area contributed by atoms with Gasteiger partial charge < -0.3 is 15.0 Å². The average Bonchev–Trinajstić information content (AvgIpc) is 2.46. The van der Waals surface area contributed by atoms with E-state index in [2.05, 4.69) is 4.98 Å². The predicted molar refractivity (Wildman–Crippen MR) is 79.9 cm³/mol. The van der Waals surface area contributed by atoms with E-state index < -0.39 is 0 Å². The van der Waals surface area contributed by atoms with Gasteiger partial charge >= 0.3 is 0 Å². The number of rotatable bonds is 1. The number of phenolic OH excluding ortho intramolecular Hbond substituents is 1. The van der Waals surface area contributed by atoms with Crippen molar-refractivity contribution in [1.82, 2.24) is 4.98 Å². The number of carbonyl (C=O) groups excluding carboxylic acids is 1. The first-order valence-corrected chi connectivity index (χ1v) is 6.90. The zero-order valence-electron chi connectivity index (χ0n) is 11.7. The summed E-state index contributed by atoms with van der Waals surface area (Å²) in [5, 5.41) is 10.1. The summed E-state index contributed by atoms with van der Waals surface area (Å²) >= 11 is 0. The van der Waals surface area contributed by atoms with Gasteiger partial charge in [0, 0.05) is 18.3 Å². The highest BCUT2D eigenvalue weighted by Gasteiger charge is 2.27. The Kier molecular flexibility index (Phi) is 3.25. The molecule has 108 valence electrons. The molecule has 3 rings (SSSR count). The summed E-state index contributed by atoms with van der Waals surface area (Å²) in [7, 11) is 0. The molecule has 0 atom stereocenters. The normalized spacial score (nSPS) is 13.9. The third-order valence-electron chi connectivity index (χ3n) is 3.79. The summed E-state index contributed by atoms with van der Waals surface area (Å²) in [6.45, 7) is 2.26. The Balaban J connectivity index is 2.06. The number of H-pyrrole nitrogens is 1. The molecule has 21 heavy (non-hydrogen) atoms. The van der Waals surface area contributed by atoms with Crippen LogP contribution in [0.3, 0.4) is 0 Å². The fraction of sp³-hybridized carbons (Fsp3) is 0.250. The van der Waals surface area contributed by atoms with E-state index in [0.29, 0.717) is 23.5 Å². The predicted octanol–water partition coefficient (Wildman–Crippen LogP) is 1.98. The van der Waals surface area contributed by atoms with Crippen LogP contribution in [0, 0.1) is 6.92 Å². The van der Waals surface area contributed by atoms with Crippen LogP contribution in [-0.4, -0.2) is 22.5 Å². The molecule has 1 amide bonds. The fourth-order valence-corrected chi connectivity index (χ4v) is 2.79. The molecule has 0 saturated carbocycles. The maximum Gasteiger partial charge on any atom is 0.260 e. The van der Waals surface area contributed by atoms with Crippen molar-refractivity contribution in [2.75, 3.05) is 11.4 Å². The van der Waals surface area contributed by atoms with Crippen molar-refractivity contribution in [3.63, 3.8) is 0 Å². The number of benzene rings is 1. The molecule has 2 heterocycles. The van der Waals surface area contributed by atoms with Gasteiger partial charge in [-0.3, -0.25) is 9.59 Å². The second kappa shape index (κ2) is 5.09. The van der Waals surface area contributed by atoms with Gasteiger partial charge in [-0.05, 0) is 37.5 Å². The van der Waals surface area contributed by atoms with E-state index in [4.69, 9.17) is 0 Å². The van der Waals surface area contributed by atoms with Gasteiger partial charge in [-0.2, -0.15) is 0 Å². The standard InChI is InChI=1S/C16H16N2O3/c1-10-12(7-8-14(20)17-10)16(21)18-9-3-5-11-4-2-6-13(19)15(11)18/h2,4,6-8,19H,3,5,9H2,1H3,(H,17,20). The van der Waals surface area contributed by atoms with E-state index >= 15 is 0 Å². The highest BCUT2D eigenvalue weighted by molar-refractivity contribution is 6.08. The second-order valence-corrected chi connectivity index (χ2v) is 5.21. The summed E-state index contributed by atoms with van der Waals surface area (Å²) in [6.07, 6.45) is 1.70. The van der Waals surface area contributed by atoms with Crippen LogP contribution in [0.25, 0.3) is 0 Å². The highest BCUT2D eigenvalue weighted by atomic mass is 16.3. The Morgan fingerprint density at radius 3 is 2.86 bits per heavy atom. The first-order chi connectivity index (χ1) is 10.1. The number of para-hydroxylation sites is 1. The number of pyridine rings is 1. The minimum absolute atomic E-state index is 0.114. The first-order valence-electron chi connectivity index (χ1n) is 6.90. The number of hydrogen-bond acceptors (Lipinski definition) is 3. The lowest BCUT2D eigenvalue weighted by atomic mass is 10.00. The van der Waals surface area contributed by atoms with Crippen molar-refractivity contribution < 1.29 is 9.90 Å². The number of carbonyl (C=O) groups is 1. The number of aromatic hydroxyl groups is 1. The molecule has 5 heteroatoms. The second-order valence-electron chi connectivity index (χ2n) is 5.21. The Morgan fingerprint density at radius 1 is 1.29 bits per heavy atom. The number of aromatic nitrogens is 1. The first kappa shape index (κ1) is 13.4. The molecule has 1 aromatic carbocycles. The largest absolute Gasteiger partial charge is 0.506 e. The Labute approximate surface area is 121 Å². The quantitative estimate of drug-likeness (QED) is 0.841. The van der Waals surface area contributed by atoms with Gasteiger partial charge in [0.2, 0.25) is 5.56 Å². The summed E-state index contributed by atoms with van der Waals surface area (Å²) < 4.78 is 0. The minimum atomic E-state index is -0.231. The molecule has 0 radical (unpaired) electrons. The topological polar surface area (TPSA) is 73.4 Å². The zero-order chi connectivity index (χ0) is 15.0. The van der Waals surface area contributed by atoms with Crippen LogP contribution in [-0.2, 0) is 6.42 Å². The van der Waals surface area contributed by atoms with Crippen molar-refractivity contribution >= 4 is 11.6 Å². The van der Waals surface area contributed by atoms with Gasteiger partial charge in [0.25, 0.3) is 5.91 Å². The van der Waals surface area contributed by atoms with Gasteiger partial charge in [0.05, 0.1) is 11.3 Å². The number of anilines is 1. The maximum absolute atomic E-state index is 12.7. The third-order valence-corrected chi connectivity index (χ3v) is 3.79. The number of amides is 1. The van der Waals surface area contributed by atoms with Crippen LogP contribution in [0.15, 0.2) is 35.1 Å². The molecule has 0 bridgehead atoms. The maximum atomic E-state index is 12.7. The van der Waals surface area contributed by atoms with Gasteiger partial charge in [-0.1, -0.05) is 12.1 Å². The fourth-order valence-electron chi connectivity index (χ4n) is 2.79. The molecule has 0 spiro atoms. The Bertz CT molecular complexity index is 764. The van der Waals surface area contributed by atoms with Crippen molar-refractivity contribution in [1.29, 1.82) is 0 Å². The van der Waals surface area contributed by atoms with Crippen LogP contribution in [0.4, 0.5) is 5.69 Å². The van der Waals surface area contributed by atoms with Crippen molar-refractivity contribution in [2.45, 2.75) is 19.8 Å². The molecule has 0 aliphatic carbocycles. The Hall–Kier alpha value is -2.56. The van der Waals surface area contributed by atoms with Crippen molar-refractivity contribution in [2.24, 2.45) is 0 Å². The number of hydrogen-bond donors (Lipinski definition) is 2. The molecule has 1 aliphatic heterocycles. The van der Waals surface area contributed by atoms with Crippen molar-refractivity contribution in [3.8, 4) is 5.75 Å². The Morgan fingerprint density at radius 2 is 2.10 bits per heavy atom. The van der Waals surface area contributed by atoms with Crippen LogP contribution in [0.1, 0.15) is 28.0 Å². The van der Waals surface area contributed by atoms with E-state index in [1.807, 2.05) is 6.07 Å². The van der Waals surface area contributed by atoms with Crippen molar-refractivity contribution in [3.05, 3.63) is 57.5 Å². The summed E-state index contributed by atoms with van der Waals surface area (Å²) in [6, 6.07) is 8.17. The average molecular weight is 284 g/mol. The van der Waals surface area contributed by atoms with Gasteiger partial charge in [0.15, 0.2) is 0 Å². The summed E-state index contributed by atoms with van der Waals surface area (Å²) in [5.74, 6) is -0.0890. The molecule has 0 unspecified atom stereocenters. The monoisotopic (exact) mass is 284 g/mol. The van der Waals surface area contributed by atoms with Crippen LogP contribution < -0.4 is 10.5 Å². The van der Waals surface area contributed by atoms with Gasteiger partial charge in [0.1, 0.15) is 5.75 Å². The molecule has 0 fully saturated rings. The van der Waals surface area contributed by atoms with E-state index in [0.717, 1.165) is 18.4 Å². The van der Waals surface area contributed by atoms with Crippen LogP contribution >= 0.6 is 0 Å². The lowest BCUT2D eigenvalue weighted by molar-refractivity contribution is 0.0983. The number of aryl methyl sites for hydroxylation is 2. The summed E-state index contributed by atoms with van der Waals surface area (Å²) in [4.78, 5) is 28.2. The molecular formula is C16H16N2O3. The number of fused-ring (bicyclic) bond motifs is 1. The van der Waals surface area contributed by atoms with E-state index in [-0.39, 0.29) is 17.2 Å². The molecule has 2 N–H and O–H groups in total. The number of nitrogens with one attached hydrogen (secondary N) is 1. The van der Waals surface area contributed by atoms with E-state index in [9.17, 15) is 14.7 Å². The molecule has 1 aliphatic rings. The smallest absolute Gasteiger partial charge is 0.260 e. The SMILES string of the molecule is Cc1[nH]c(=O)ccc1C(=O)N1CCCc2cccc(O)c21. The third kappa shape index (κ3) is 2.31. The molecular weight excluding hydrogens is 268 g/mol. The number of phenols is 1. The van der Waals surface area contributed by atoms with E-state index in [1.54, 1.807) is 24.0 Å². The highest BCUT2D eigenvalue weighted by Crippen LogP contribution is 2.36.